The van der Waals surface area contributed by atoms with E-state index in [1.54, 1.807) is 0 Å². The number of aryl methyl sites for hydroxylation is 2. The minimum atomic E-state index is 0.292. The molecule has 0 atom stereocenters. The van der Waals surface area contributed by atoms with Crippen molar-refractivity contribution >= 4 is 22.9 Å². The van der Waals surface area contributed by atoms with Crippen LogP contribution in [-0.2, 0) is 6.42 Å². The molecule has 20 heavy (non-hydrogen) atoms. The van der Waals surface area contributed by atoms with Crippen molar-refractivity contribution in [3.05, 3.63) is 15.6 Å². The summed E-state index contributed by atoms with van der Waals surface area (Å²) in [5.74, 6) is 1.63. The fraction of sp³-hybridized carbons (Fsp3) is 0.824. The fourth-order valence-electron chi connectivity index (χ4n) is 3.39. The average molecular weight is 314 g/mol. The predicted molar refractivity (Wildman–Crippen MR) is 89.9 cm³/mol. The highest BCUT2D eigenvalue weighted by atomic mass is 35.5. The summed E-state index contributed by atoms with van der Waals surface area (Å²) in [4.78, 5) is 6.08. The number of hydrogen-bond acceptors (Lipinski definition) is 2. The Bertz CT molecular complexity index is 431. The van der Waals surface area contributed by atoms with Crippen LogP contribution in [0, 0.1) is 30.6 Å². The second-order valence-electron chi connectivity index (χ2n) is 7.70. The molecule has 0 aromatic carbocycles. The van der Waals surface area contributed by atoms with Crippen LogP contribution in [0.3, 0.4) is 0 Å². The second kappa shape index (κ2) is 5.96. The van der Waals surface area contributed by atoms with E-state index in [9.17, 15) is 0 Å². The lowest BCUT2D eigenvalue weighted by Crippen LogP contribution is -2.35. The monoisotopic (exact) mass is 313 g/mol. The molecule has 0 aliphatic heterocycles. The normalized spacial score (nSPS) is 27.8. The number of alkyl halides is 1. The smallest absolute Gasteiger partial charge is 0.0936 e. The maximum Gasteiger partial charge on any atom is 0.0936 e. The summed E-state index contributed by atoms with van der Waals surface area (Å²) >= 11 is 8.23. The van der Waals surface area contributed by atoms with Gasteiger partial charge in [0.25, 0.3) is 0 Å². The molecule has 1 heterocycles. The van der Waals surface area contributed by atoms with Crippen LogP contribution in [0.2, 0.25) is 0 Å². The minimum Gasteiger partial charge on any atom is -0.246 e. The molecule has 1 aliphatic carbocycles. The largest absolute Gasteiger partial charge is 0.246 e. The Labute approximate surface area is 133 Å². The Morgan fingerprint density at radius 3 is 2.25 bits per heavy atom. The molecule has 1 aliphatic rings. The summed E-state index contributed by atoms with van der Waals surface area (Å²) in [7, 11) is 0. The third-order valence-corrected chi connectivity index (χ3v) is 6.79. The standard InChI is InChI=1S/C17H28ClNS/c1-12-13(2)20-15(19-12)10-17(11-18)8-6-14(7-9-17)16(3,4)5/h14H,6-11H2,1-5H3. The van der Waals surface area contributed by atoms with Gasteiger partial charge >= 0.3 is 0 Å². The molecule has 0 unspecified atom stereocenters. The first-order valence-electron chi connectivity index (χ1n) is 7.75. The lowest BCUT2D eigenvalue weighted by atomic mass is 9.64. The zero-order valence-corrected chi connectivity index (χ0v) is 15.1. The van der Waals surface area contributed by atoms with Crippen molar-refractivity contribution in [2.24, 2.45) is 16.7 Å². The predicted octanol–water partition coefficient (Wildman–Crippen LogP) is 5.76. The SMILES string of the molecule is Cc1nc(CC2(CCl)CCC(C(C)(C)C)CC2)sc1C. The summed E-state index contributed by atoms with van der Waals surface area (Å²) in [6.45, 7) is 11.4. The fourth-order valence-corrected chi connectivity index (χ4v) is 4.86. The summed E-state index contributed by atoms with van der Waals surface area (Å²) < 4.78 is 0. The van der Waals surface area contributed by atoms with Crippen LogP contribution in [-0.4, -0.2) is 10.9 Å². The van der Waals surface area contributed by atoms with Gasteiger partial charge in [-0.2, -0.15) is 0 Å². The summed E-state index contributed by atoms with van der Waals surface area (Å²) in [5, 5.41) is 1.29. The number of aromatic nitrogens is 1. The Kier molecular flexibility index (Phi) is 4.86. The zero-order chi connectivity index (χ0) is 15.0. The van der Waals surface area contributed by atoms with E-state index >= 15 is 0 Å². The van der Waals surface area contributed by atoms with Crippen molar-refractivity contribution < 1.29 is 0 Å². The van der Waals surface area contributed by atoms with E-state index in [4.69, 9.17) is 16.6 Å². The second-order valence-corrected chi connectivity index (χ2v) is 9.25. The number of hydrogen-bond donors (Lipinski definition) is 0. The molecule has 0 radical (unpaired) electrons. The molecular formula is C17H28ClNS. The molecular weight excluding hydrogens is 286 g/mol. The number of rotatable bonds is 3. The van der Waals surface area contributed by atoms with E-state index in [1.807, 2.05) is 11.3 Å². The van der Waals surface area contributed by atoms with Gasteiger partial charge in [0, 0.05) is 17.2 Å². The highest BCUT2D eigenvalue weighted by molar-refractivity contribution is 7.11. The van der Waals surface area contributed by atoms with Gasteiger partial charge < -0.3 is 0 Å². The molecule has 114 valence electrons. The lowest BCUT2D eigenvalue weighted by molar-refractivity contribution is 0.102. The van der Waals surface area contributed by atoms with E-state index in [-0.39, 0.29) is 0 Å². The molecule has 1 nitrogen and oxygen atoms in total. The Morgan fingerprint density at radius 1 is 1.25 bits per heavy atom. The first kappa shape index (κ1) is 16.3. The highest BCUT2D eigenvalue weighted by Gasteiger charge is 2.38. The molecule has 1 fully saturated rings. The molecule has 0 spiro atoms. The lowest BCUT2D eigenvalue weighted by Gasteiger charge is -2.43. The van der Waals surface area contributed by atoms with Crippen LogP contribution < -0.4 is 0 Å². The maximum atomic E-state index is 6.37. The van der Waals surface area contributed by atoms with Gasteiger partial charge in [0.05, 0.1) is 10.7 Å². The highest BCUT2D eigenvalue weighted by Crippen LogP contribution is 2.47. The molecule has 1 saturated carbocycles. The summed E-state index contributed by atoms with van der Waals surface area (Å²) in [6.07, 6.45) is 6.23. The molecule has 3 heteroatoms. The van der Waals surface area contributed by atoms with E-state index in [2.05, 4.69) is 34.6 Å². The van der Waals surface area contributed by atoms with E-state index < -0.39 is 0 Å². The van der Waals surface area contributed by atoms with Gasteiger partial charge in [-0.05, 0) is 56.3 Å². The Balaban J connectivity index is 2.05. The molecule has 0 amide bonds. The third kappa shape index (κ3) is 3.57. The van der Waals surface area contributed by atoms with Crippen molar-refractivity contribution in [3.8, 4) is 0 Å². The average Bonchev–Trinajstić information content (AvgIpc) is 2.67. The third-order valence-electron chi connectivity index (χ3n) is 5.15. The first-order valence-corrected chi connectivity index (χ1v) is 9.10. The van der Waals surface area contributed by atoms with Crippen LogP contribution >= 0.6 is 22.9 Å². The summed E-state index contributed by atoms with van der Waals surface area (Å²) in [6, 6.07) is 0. The van der Waals surface area contributed by atoms with Gasteiger partial charge in [0.15, 0.2) is 0 Å². The number of nitrogens with zero attached hydrogens (tertiary/aromatic N) is 1. The van der Waals surface area contributed by atoms with Crippen molar-refractivity contribution in [3.63, 3.8) is 0 Å². The van der Waals surface area contributed by atoms with Crippen molar-refractivity contribution in [1.29, 1.82) is 0 Å². The van der Waals surface area contributed by atoms with E-state index in [0.717, 1.165) is 18.2 Å². The van der Waals surface area contributed by atoms with Crippen LogP contribution in [0.4, 0.5) is 0 Å². The van der Waals surface area contributed by atoms with Gasteiger partial charge in [-0.3, -0.25) is 0 Å². The van der Waals surface area contributed by atoms with E-state index in [1.165, 1.54) is 41.3 Å². The summed E-state index contributed by atoms with van der Waals surface area (Å²) in [5.41, 5.74) is 1.92. The maximum absolute atomic E-state index is 6.37. The first-order chi connectivity index (χ1) is 9.26. The Hall–Kier alpha value is -0.0800. The van der Waals surface area contributed by atoms with Crippen LogP contribution in [0.1, 0.15) is 62.0 Å². The van der Waals surface area contributed by atoms with Crippen molar-refractivity contribution in [2.75, 3.05) is 5.88 Å². The molecule has 1 aromatic rings. The molecule has 0 N–H and O–H groups in total. The van der Waals surface area contributed by atoms with E-state index in [0.29, 0.717) is 10.8 Å². The minimum absolute atomic E-state index is 0.292. The van der Waals surface area contributed by atoms with Gasteiger partial charge in [-0.1, -0.05) is 20.8 Å². The van der Waals surface area contributed by atoms with Gasteiger partial charge in [0.2, 0.25) is 0 Å². The molecule has 0 bridgehead atoms. The number of thiazole rings is 1. The van der Waals surface area contributed by atoms with Gasteiger partial charge in [-0.15, -0.1) is 22.9 Å². The quantitative estimate of drug-likeness (QED) is 0.646. The number of halogens is 1. The van der Waals surface area contributed by atoms with Crippen molar-refractivity contribution in [1.82, 2.24) is 4.98 Å². The van der Waals surface area contributed by atoms with Gasteiger partial charge in [-0.25, -0.2) is 4.98 Å². The molecule has 1 aromatic heterocycles. The Morgan fingerprint density at radius 2 is 1.85 bits per heavy atom. The van der Waals surface area contributed by atoms with Crippen LogP contribution in [0.5, 0.6) is 0 Å². The molecule has 2 rings (SSSR count). The van der Waals surface area contributed by atoms with Crippen LogP contribution in [0.15, 0.2) is 0 Å². The van der Waals surface area contributed by atoms with Crippen LogP contribution in [0.25, 0.3) is 0 Å². The van der Waals surface area contributed by atoms with Crippen molar-refractivity contribution in [2.45, 2.75) is 66.7 Å². The zero-order valence-electron chi connectivity index (χ0n) is 13.6. The molecule has 0 saturated heterocycles. The topological polar surface area (TPSA) is 12.9 Å². The van der Waals surface area contributed by atoms with Gasteiger partial charge in [0.1, 0.15) is 0 Å².